The molecule has 1 rings (SSSR count). The van der Waals surface area contributed by atoms with E-state index in [4.69, 9.17) is 10.5 Å². The third kappa shape index (κ3) is 6.19. The molecule has 1 atom stereocenters. The molecule has 1 aromatic rings. The van der Waals surface area contributed by atoms with Gasteiger partial charge in [-0.1, -0.05) is 0 Å². The molecule has 1 unspecified atom stereocenters. The van der Waals surface area contributed by atoms with Crippen molar-refractivity contribution in [3.8, 4) is 0 Å². The maximum Gasteiger partial charge on any atom is 0.286 e. The summed E-state index contributed by atoms with van der Waals surface area (Å²) in [5, 5.41) is 0. The monoisotopic (exact) mass is 411 g/mol. The number of nitrogens with two attached hydrogens (primary N) is 1. The summed E-state index contributed by atoms with van der Waals surface area (Å²) in [6.45, 7) is 3.30. The van der Waals surface area contributed by atoms with Crippen molar-refractivity contribution in [3.05, 3.63) is 21.4 Å². The van der Waals surface area contributed by atoms with Gasteiger partial charge in [-0.3, -0.25) is 9.59 Å². The van der Waals surface area contributed by atoms with Gasteiger partial charge in [0.15, 0.2) is 0 Å². The number of amides is 1. The van der Waals surface area contributed by atoms with Gasteiger partial charge in [-0.2, -0.15) is 4.36 Å². The zero-order valence-electron chi connectivity index (χ0n) is 11.0. The molecule has 7 nitrogen and oxygen atoms in total. The fraction of sp³-hybridized carbons (Fsp3) is 0.273. The number of halogens is 1. The van der Waals surface area contributed by atoms with Crippen LogP contribution in [0.3, 0.4) is 0 Å². The maximum absolute atomic E-state index is 11.9. The second-order valence-electron chi connectivity index (χ2n) is 3.79. The number of hydrogen-bond donors (Lipinski definition) is 1. The van der Waals surface area contributed by atoms with Crippen molar-refractivity contribution >= 4 is 56.6 Å². The Labute approximate surface area is 130 Å². The van der Waals surface area contributed by atoms with Crippen molar-refractivity contribution in [1.29, 1.82) is 0 Å². The van der Waals surface area contributed by atoms with Crippen molar-refractivity contribution in [1.82, 2.24) is 4.98 Å². The minimum atomic E-state index is -2.84. The van der Waals surface area contributed by atoms with E-state index in [1.54, 1.807) is 0 Å². The largest absolute Gasteiger partial charge is 0.383 e. The van der Waals surface area contributed by atoms with Crippen LogP contribution in [0.5, 0.6) is 0 Å². The highest BCUT2D eigenvalue weighted by Crippen LogP contribution is 2.14. The van der Waals surface area contributed by atoms with Gasteiger partial charge in [0.1, 0.15) is 18.4 Å². The summed E-state index contributed by atoms with van der Waals surface area (Å²) in [7, 11) is -2.84. The van der Waals surface area contributed by atoms with Crippen molar-refractivity contribution in [2.75, 3.05) is 17.7 Å². The van der Waals surface area contributed by atoms with Gasteiger partial charge < -0.3 is 10.5 Å². The Hall–Kier alpha value is -1.36. The van der Waals surface area contributed by atoms with E-state index in [1.165, 1.54) is 25.4 Å². The Kier molecular flexibility index (Phi) is 7.50. The highest BCUT2D eigenvalue weighted by Gasteiger charge is 2.12. The van der Waals surface area contributed by atoms with Crippen LogP contribution in [0.1, 0.15) is 17.3 Å². The van der Waals surface area contributed by atoms with E-state index >= 15 is 0 Å². The van der Waals surface area contributed by atoms with Crippen LogP contribution in [0.2, 0.25) is 0 Å². The molecule has 20 heavy (non-hydrogen) atoms. The number of carbonyl (C=O) groups excluding carboxylic acids is 3. The molecule has 0 aromatic carbocycles. The molecule has 0 aliphatic heterocycles. The lowest BCUT2D eigenvalue weighted by Gasteiger charge is -2.02. The molecule has 0 fully saturated rings. The van der Waals surface area contributed by atoms with Crippen LogP contribution in [0, 0.1) is 3.57 Å². The predicted octanol–water partition coefficient (Wildman–Crippen LogP) is 0.910. The number of hydrogen-bond acceptors (Lipinski definition) is 6. The van der Waals surface area contributed by atoms with E-state index in [1.807, 2.05) is 29.4 Å². The number of Topliss-reactive ketones (excluding diaryl/α,β-unsaturated/α-hetero) is 1. The zero-order chi connectivity index (χ0) is 15.9. The van der Waals surface area contributed by atoms with Crippen LogP contribution in [-0.2, 0) is 19.3 Å². The second-order valence-corrected chi connectivity index (χ2v) is 7.35. The van der Waals surface area contributed by atoms with Gasteiger partial charge in [-0.05, 0) is 35.6 Å². The number of anilines is 1. The Morgan fingerprint density at radius 1 is 1.50 bits per heavy atom. The maximum atomic E-state index is 11.9. The standard InChI is InChI=1S/C10H12IN3O3S.CH2O/c1-6(15)5-18(2,17)14-10(16)7-3-8(11)9(12)13-4-7;1-2/h3-4H,5H2,1-2H3,(H2,12,13);1H2. The summed E-state index contributed by atoms with van der Waals surface area (Å²) < 4.78 is 16.1. The number of rotatable bonds is 3. The average molecular weight is 411 g/mol. The van der Waals surface area contributed by atoms with E-state index in [0.29, 0.717) is 9.39 Å². The number of pyridine rings is 1. The van der Waals surface area contributed by atoms with Crippen LogP contribution in [0.25, 0.3) is 0 Å². The second kappa shape index (κ2) is 8.04. The van der Waals surface area contributed by atoms with E-state index in [0.717, 1.165) is 0 Å². The van der Waals surface area contributed by atoms with Crippen LogP contribution < -0.4 is 5.73 Å². The fourth-order valence-corrected chi connectivity index (χ4v) is 2.95. The molecule has 0 spiro atoms. The average Bonchev–Trinajstić information content (AvgIpc) is 2.32. The minimum Gasteiger partial charge on any atom is -0.383 e. The lowest BCUT2D eigenvalue weighted by Crippen LogP contribution is -2.13. The molecule has 2 N–H and O–H groups in total. The highest BCUT2D eigenvalue weighted by molar-refractivity contribution is 14.1. The SMILES string of the molecule is C=O.CC(=O)CS(C)(=O)=NC(=O)c1cnc(N)c(I)c1. The van der Waals surface area contributed by atoms with Gasteiger partial charge >= 0.3 is 0 Å². The first-order chi connectivity index (χ1) is 9.21. The molecular formula is C11H14IN3O4S. The molecule has 9 heteroatoms. The topological polar surface area (TPSA) is 120 Å². The summed E-state index contributed by atoms with van der Waals surface area (Å²) in [6.07, 6.45) is 2.55. The molecule has 110 valence electrons. The Morgan fingerprint density at radius 2 is 2.05 bits per heavy atom. The molecule has 0 bridgehead atoms. The molecule has 0 saturated heterocycles. The first-order valence-electron chi connectivity index (χ1n) is 5.15. The molecule has 0 radical (unpaired) electrons. The Bertz CT molecular complexity index is 639. The van der Waals surface area contributed by atoms with Crippen LogP contribution in [0.4, 0.5) is 5.82 Å². The number of ketones is 1. The van der Waals surface area contributed by atoms with Gasteiger partial charge in [0, 0.05) is 12.5 Å². The predicted molar refractivity (Wildman–Crippen MR) is 84.9 cm³/mol. The van der Waals surface area contributed by atoms with Gasteiger partial charge in [-0.25, -0.2) is 9.19 Å². The quantitative estimate of drug-likeness (QED) is 0.739. The van der Waals surface area contributed by atoms with Gasteiger partial charge in [0.25, 0.3) is 5.91 Å². The molecule has 1 amide bonds. The molecular weight excluding hydrogens is 397 g/mol. The van der Waals surface area contributed by atoms with Crippen LogP contribution >= 0.6 is 22.6 Å². The highest BCUT2D eigenvalue weighted by atomic mass is 127. The van der Waals surface area contributed by atoms with E-state index < -0.39 is 15.6 Å². The number of carbonyl (C=O) groups is 3. The third-order valence-corrected chi connectivity index (χ3v) is 4.22. The number of nitrogens with zero attached hydrogens (tertiary/aromatic N) is 2. The summed E-state index contributed by atoms with van der Waals surface area (Å²) >= 11 is 1.93. The minimum absolute atomic E-state index is 0.201. The molecule has 0 saturated carbocycles. The molecule has 0 aliphatic rings. The molecule has 1 aromatic heterocycles. The summed E-state index contributed by atoms with van der Waals surface area (Å²) in [6, 6.07) is 1.51. The Balaban J connectivity index is 0.00000172. The fourth-order valence-electron chi connectivity index (χ4n) is 1.20. The van der Waals surface area contributed by atoms with E-state index in [9.17, 15) is 13.8 Å². The summed E-state index contributed by atoms with van der Waals surface area (Å²) in [5.41, 5.74) is 5.72. The van der Waals surface area contributed by atoms with Crippen molar-refractivity contribution < 1.29 is 18.6 Å². The van der Waals surface area contributed by atoms with Crippen molar-refractivity contribution in [2.45, 2.75) is 6.92 Å². The van der Waals surface area contributed by atoms with Gasteiger partial charge in [0.2, 0.25) is 0 Å². The molecule has 0 aliphatic carbocycles. The lowest BCUT2D eigenvalue weighted by molar-refractivity contribution is -0.114. The Morgan fingerprint density at radius 3 is 2.50 bits per heavy atom. The number of nitrogen functional groups attached to an aromatic ring is 1. The normalized spacial score (nSPS) is 12.6. The van der Waals surface area contributed by atoms with E-state index in [-0.39, 0.29) is 17.1 Å². The zero-order valence-corrected chi connectivity index (χ0v) is 13.9. The van der Waals surface area contributed by atoms with Gasteiger partial charge in [0.05, 0.1) is 24.6 Å². The lowest BCUT2D eigenvalue weighted by atomic mass is 10.3. The van der Waals surface area contributed by atoms with Crippen molar-refractivity contribution in [2.24, 2.45) is 4.36 Å². The van der Waals surface area contributed by atoms with Crippen molar-refractivity contribution in [3.63, 3.8) is 0 Å². The molecule has 1 heterocycles. The third-order valence-electron chi connectivity index (χ3n) is 1.86. The van der Waals surface area contributed by atoms with Crippen LogP contribution in [-0.4, -0.2) is 39.7 Å². The first kappa shape index (κ1) is 18.6. The summed E-state index contributed by atoms with van der Waals surface area (Å²) in [4.78, 5) is 34.5. The summed E-state index contributed by atoms with van der Waals surface area (Å²) in [5.74, 6) is -0.857. The van der Waals surface area contributed by atoms with E-state index in [2.05, 4.69) is 9.35 Å². The first-order valence-corrected chi connectivity index (χ1v) is 8.32. The number of aromatic nitrogens is 1. The smallest absolute Gasteiger partial charge is 0.286 e. The van der Waals surface area contributed by atoms with Gasteiger partial charge in [-0.15, -0.1) is 0 Å². The van der Waals surface area contributed by atoms with Crippen LogP contribution in [0.15, 0.2) is 16.6 Å².